The zero-order chi connectivity index (χ0) is 25.1. The number of nitrogens with zero attached hydrogens (tertiary/aromatic N) is 1. The molecule has 1 fully saturated rings. The fourth-order valence-corrected chi connectivity index (χ4v) is 4.63. The van der Waals surface area contributed by atoms with Crippen molar-refractivity contribution >= 4 is 73.1 Å². The average molecular weight is 619 g/mol. The minimum atomic E-state index is -0.809. The number of nitrogens with one attached hydrogen (secondary N) is 1. The molecular weight excluding hydrogens is 600 g/mol. The Labute approximate surface area is 224 Å². The van der Waals surface area contributed by atoms with Crippen molar-refractivity contribution in [3.8, 4) is 5.75 Å². The smallest absolute Gasteiger partial charge is 0.335 e. The summed E-state index contributed by atoms with van der Waals surface area (Å²) in [6.07, 6.45) is 1.93. The van der Waals surface area contributed by atoms with E-state index in [1.54, 1.807) is 36.4 Å². The molecule has 4 amide bonds. The first-order chi connectivity index (χ1) is 16.8. The summed E-state index contributed by atoms with van der Waals surface area (Å²) >= 11 is 13.5. The van der Waals surface area contributed by atoms with E-state index in [2.05, 4.69) is 37.2 Å². The van der Waals surface area contributed by atoms with Gasteiger partial charge in [0.2, 0.25) is 0 Å². The molecule has 1 N–H and O–H groups in total. The van der Waals surface area contributed by atoms with Crippen LogP contribution in [0.1, 0.15) is 23.6 Å². The first kappa shape index (κ1) is 25.2. The minimum Gasteiger partial charge on any atom is -0.494 e. The third-order valence-corrected chi connectivity index (χ3v) is 6.94. The van der Waals surface area contributed by atoms with Crippen LogP contribution in [0.25, 0.3) is 6.08 Å². The van der Waals surface area contributed by atoms with Crippen molar-refractivity contribution in [2.45, 2.75) is 13.3 Å². The van der Waals surface area contributed by atoms with Crippen LogP contribution >= 0.6 is 43.5 Å². The van der Waals surface area contributed by atoms with E-state index in [4.69, 9.17) is 16.3 Å². The van der Waals surface area contributed by atoms with Crippen molar-refractivity contribution in [1.29, 1.82) is 0 Å². The lowest BCUT2D eigenvalue weighted by Gasteiger charge is -2.26. The molecule has 0 aromatic heterocycles. The maximum atomic E-state index is 13.2. The highest BCUT2D eigenvalue weighted by Crippen LogP contribution is 2.34. The molecule has 6 nitrogen and oxygen atoms in total. The van der Waals surface area contributed by atoms with Gasteiger partial charge < -0.3 is 4.74 Å². The maximum absolute atomic E-state index is 13.2. The van der Waals surface area contributed by atoms with Crippen molar-refractivity contribution in [3.05, 3.63) is 96.9 Å². The fourth-order valence-electron chi connectivity index (χ4n) is 3.65. The number of amides is 4. The van der Waals surface area contributed by atoms with Crippen LogP contribution in [-0.2, 0) is 16.0 Å². The molecule has 0 radical (unpaired) electrons. The second kappa shape index (κ2) is 10.8. The number of hydrogen-bond donors (Lipinski definition) is 1. The second-order valence-corrected chi connectivity index (χ2v) is 9.79. The van der Waals surface area contributed by atoms with E-state index >= 15 is 0 Å². The van der Waals surface area contributed by atoms with Crippen molar-refractivity contribution in [2.24, 2.45) is 0 Å². The molecule has 1 aliphatic rings. The number of halogens is 3. The third kappa shape index (κ3) is 5.50. The molecule has 0 saturated carbocycles. The van der Waals surface area contributed by atoms with E-state index < -0.39 is 17.8 Å². The SMILES string of the molecule is CCOc1cc(/C=C2\C(=O)NC(=O)N(c3ccc(Br)cc3)C2=O)cc(Cl)c1Cc1ccccc1Br. The van der Waals surface area contributed by atoms with Crippen LogP contribution in [0.5, 0.6) is 5.75 Å². The van der Waals surface area contributed by atoms with Crippen LogP contribution < -0.4 is 15.0 Å². The monoisotopic (exact) mass is 616 g/mol. The van der Waals surface area contributed by atoms with E-state index in [-0.39, 0.29) is 5.57 Å². The Kier molecular flexibility index (Phi) is 7.74. The van der Waals surface area contributed by atoms with Crippen LogP contribution in [-0.4, -0.2) is 24.5 Å². The Hall–Kier alpha value is -2.94. The number of barbiturate groups is 1. The van der Waals surface area contributed by atoms with Gasteiger partial charge in [-0.3, -0.25) is 14.9 Å². The molecule has 0 unspecified atom stereocenters. The van der Waals surface area contributed by atoms with Crippen LogP contribution in [0.4, 0.5) is 10.5 Å². The largest absolute Gasteiger partial charge is 0.494 e. The maximum Gasteiger partial charge on any atom is 0.335 e. The third-order valence-electron chi connectivity index (χ3n) is 5.30. The zero-order valence-electron chi connectivity index (χ0n) is 18.5. The summed E-state index contributed by atoms with van der Waals surface area (Å²) in [5.74, 6) is -0.959. The number of anilines is 1. The van der Waals surface area contributed by atoms with Gasteiger partial charge in [-0.2, -0.15) is 0 Å². The number of carbonyl (C=O) groups is 3. The molecule has 178 valence electrons. The molecule has 9 heteroatoms. The normalized spacial score (nSPS) is 14.9. The zero-order valence-corrected chi connectivity index (χ0v) is 22.4. The highest BCUT2D eigenvalue weighted by molar-refractivity contribution is 9.10. The van der Waals surface area contributed by atoms with Gasteiger partial charge in [0, 0.05) is 26.0 Å². The topological polar surface area (TPSA) is 75.7 Å². The average Bonchev–Trinajstić information content (AvgIpc) is 2.81. The number of ether oxygens (including phenoxy) is 1. The molecule has 1 saturated heterocycles. The number of carbonyl (C=O) groups excluding carboxylic acids is 3. The number of imide groups is 2. The minimum absolute atomic E-state index is 0.190. The van der Waals surface area contributed by atoms with E-state index in [9.17, 15) is 14.4 Å². The van der Waals surface area contributed by atoms with Crippen molar-refractivity contribution in [3.63, 3.8) is 0 Å². The predicted molar refractivity (Wildman–Crippen MR) is 143 cm³/mol. The summed E-state index contributed by atoms with van der Waals surface area (Å²) in [6.45, 7) is 2.27. The Balaban J connectivity index is 1.72. The Morgan fingerprint density at radius 1 is 1.03 bits per heavy atom. The van der Waals surface area contributed by atoms with Gasteiger partial charge in [0.1, 0.15) is 11.3 Å². The fraction of sp³-hybridized carbons (Fsp3) is 0.115. The summed E-state index contributed by atoms with van der Waals surface area (Å²) in [6, 6.07) is 17.0. The lowest BCUT2D eigenvalue weighted by atomic mass is 10.0. The lowest BCUT2D eigenvalue weighted by molar-refractivity contribution is -0.122. The molecule has 1 heterocycles. The van der Waals surface area contributed by atoms with Crippen LogP contribution in [0.15, 0.2) is 75.2 Å². The van der Waals surface area contributed by atoms with Gasteiger partial charge in [-0.1, -0.05) is 61.7 Å². The summed E-state index contributed by atoms with van der Waals surface area (Å²) in [5, 5.41) is 2.66. The number of rotatable bonds is 6. The summed E-state index contributed by atoms with van der Waals surface area (Å²) in [7, 11) is 0. The molecule has 0 atom stereocenters. The molecule has 1 aliphatic heterocycles. The molecule has 3 aromatic carbocycles. The quantitative estimate of drug-likeness (QED) is 0.252. The van der Waals surface area contributed by atoms with Crippen LogP contribution in [0, 0.1) is 0 Å². The van der Waals surface area contributed by atoms with Gasteiger partial charge in [0.15, 0.2) is 0 Å². The molecule has 0 aliphatic carbocycles. The van der Waals surface area contributed by atoms with E-state index in [0.717, 1.165) is 25.0 Å². The number of hydrogen-bond acceptors (Lipinski definition) is 4. The van der Waals surface area contributed by atoms with Crippen molar-refractivity contribution in [1.82, 2.24) is 5.32 Å². The molecule has 0 bridgehead atoms. The highest BCUT2D eigenvalue weighted by atomic mass is 79.9. The molecule has 4 rings (SSSR count). The lowest BCUT2D eigenvalue weighted by Crippen LogP contribution is -2.54. The van der Waals surface area contributed by atoms with Gasteiger partial charge in [-0.05, 0) is 66.6 Å². The second-order valence-electron chi connectivity index (χ2n) is 7.61. The Bertz CT molecular complexity index is 1360. The standard InChI is InChI=1S/C26H19Br2ClN2O4/c1-2-35-23-13-15(12-22(29)19(23)14-16-5-3-4-6-21(16)28)11-20-24(32)30-26(34)31(25(20)33)18-9-7-17(27)8-10-18/h3-13H,2,14H2,1H3,(H,30,32,34)/b20-11+. The molecule has 35 heavy (non-hydrogen) atoms. The van der Waals surface area contributed by atoms with Crippen LogP contribution in [0.3, 0.4) is 0 Å². The van der Waals surface area contributed by atoms with Gasteiger partial charge in [0.25, 0.3) is 11.8 Å². The van der Waals surface area contributed by atoms with E-state index in [1.165, 1.54) is 6.08 Å². The van der Waals surface area contributed by atoms with Crippen molar-refractivity contribution < 1.29 is 19.1 Å². The van der Waals surface area contributed by atoms with E-state index in [1.807, 2.05) is 31.2 Å². The highest BCUT2D eigenvalue weighted by Gasteiger charge is 2.36. The van der Waals surface area contributed by atoms with Gasteiger partial charge in [0.05, 0.1) is 12.3 Å². The number of urea groups is 1. The van der Waals surface area contributed by atoms with Crippen LogP contribution in [0.2, 0.25) is 5.02 Å². The van der Waals surface area contributed by atoms with Gasteiger partial charge in [-0.15, -0.1) is 0 Å². The summed E-state index contributed by atoms with van der Waals surface area (Å²) < 4.78 is 7.59. The summed E-state index contributed by atoms with van der Waals surface area (Å²) in [4.78, 5) is 39.1. The number of benzene rings is 3. The predicted octanol–water partition coefficient (Wildman–Crippen LogP) is 6.52. The molecule has 0 spiro atoms. The first-order valence-electron chi connectivity index (χ1n) is 10.6. The Morgan fingerprint density at radius 2 is 1.74 bits per heavy atom. The van der Waals surface area contributed by atoms with Crippen molar-refractivity contribution in [2.75, 3.05) is 11.5 Å². The Morgan fingerprint density at radius 3 is 2.43 bits per heavy atom. The molecule has 3 aromatic rings. The van der Waals surface area contributed by atoms with Gasteiger partial charge in [-0.25, -0.2) is 9.69 Å². The van der Waals surface area contributed by atoms with Gasteiger partial charge >= 0.3 is 6.03 Å². The molecular formula is C26H19Br2ClN2O4. The summed E-state index contributed by atoms with van der Waals surface area (Å²) in [5.41, 5.74) is 2.47. The first-order valence-corrected chi connectivity index (χ1v) is 12.6. The van der Waals surface area contributed by atoms with E-state index in [0.29, 0.717) is 35.1 Å².